The minimum absolute atomic E-state index is 0.238. The summed E-state index contributed by atoms with van der Waals surface area (Å²) in [6, 6.07) is 10.2. The summed E-state index contributed by atoms with van der Waals surface area (Å²) in [5, 5.41) is 9.15. The Hall–Kier alpha value is -0.820. The molecular formula is C11H16O. The number of hydrogen-bond donors (Lipinski definition) is 1. The Labute approximate surface area is 74.1 Å². The normalized spacial score (nSPS) is 13.3. The standard InChI is InChI=1S/C11H16O/c1-9(2)11(8-12)10-6-4-3-5-7-10/h3-7,9,11-12H,8H2,1-2H3/t11-/m0/s1. The largest absolute Gasteiger partial charge is 0.396 e. The topological polar surface area (TPSA) is 20.2 Å². The van der Waals surface area contributed by atoms with Gasteiger partial charge in [0, 0.05) is 5.92 Å². The highest BCUT2D eigenvalue weighted by Crippen LogP contribution is 2.22. The van der Waals surface area contributed by atoms with Crippen LogP contribution in [0.15, 0.2) is 30.3 Å². The van der Waals surface area contributed by atoms with Crippen LogP contribution >= 0.6 is 0 Å². The molecule has 1 aromatic carbocycles. The van der Waals surface area contributed by atoms with Crippen molar-refractivity contribution in [2.24, 2.45) is 5.92 Å². The molecule has 0 unspecified atom stereocenters. The number of benzene rings is 1. The number of rotatable bonds is 3. The Morgan fingerprint density at radius 3 is 2.17 bits per heavy atom. The molecular weight excluding hydrogens is 148 g/mol. The highest BCUT2D eigenvalue weighted by Gasteiger charge is 2.13. The van der Waals surface area contributed by atoms with Crippen LogP contribution in [0.4, 0.5) is 0 Å². The van der Waals surface area contributed by atoms with Crippen molar-refractivity contribution < 1.29 is 5.11 Å². The van der Waals surface area contributed by atoms with Gasteiger partial charge in [0.2, 0.25) is 0 Å². The van der Waals surface area contributed by atoms with Gasteiger partial charge in [0.05, 0.1) is 6.61 Å². The van der Waals surface area contributed by atoms with Gasteiger partial charge < -0.3 is 5.11 Å². The van der Waals surface area contributed by atoms with Crippen LogP contribution in [0.5, 0.6) is 0 Å². The fourth-order valence-electron chi connectivity index (χ4n) is 1.40. The molecule has 12 heavy (non-hydrogen) atoms. The predicted molar refractivity (Wildman–Crippen MR) is 51.1 cm³/mol. The smallest absolute Gasteiger partial charge is 0.0502 e. The molecule has 1 atom stereocenters. The van der Waals surface area contributed by atoms with E-state index in [4.69, 9.17) is 5.11 Å². The Bertz CT molecular complexity index is 216. The summed E-state index contributed by atoms with van der Waals surface area (Å²) < 4.78 is 0. The molecule has 0 aliphatic carbocycles. The molecule has 1 N–H and O–H groups in total. The highest BCUT2D eigenvalue weighted by atomic mass is 16.3. The molecule has 1 nitrogen and oxygen atoms in total. The number of aliphatic hydroxyl groups is 1. The lowest BCUT2D eigenvalue weighted by Gasteiger charge is -2.18. The van der Waals surface area contributed by atoms with Crippen molar-refractivity contribution in [3.05, 3.63) is 35.9 Å². The molecule has 0 bridgehead atoms. The number of aliphatic hydroxyl groups excluding tert-OH is 1. The fraction of sp³-hybridized carbons (Fsp3) is 0.455. The third-order valence-electron chi connectivity index (χ3n) is 2.23. The molecule has 0 aromatic heterocycles. The third kappa shape index (κ3) is 2.08. The van der Waals surface area contributed by atoms with Crippen LogP contribution < -0.4 is 0 Å². The van der Waals surface area contributed by atoms with Crippen molar-refractivity contribution in [3.63, 3.8) is 0 Å². The second kappa shape index (κ2) is 4.27. The lowest BCUT2D eigenvalue weighted by atomic mass is 9.89. The van der Waals surface area contributed by atoms with Gasteiger partial charge in [-0.1, -0.05) is 44.2 Å². The quantitative estimate of drug-likeness (QED) is 0.727. The average Bonchev–Trinajstić information content (AvgIpc) is 2.07. The average molecular weight is 164 g/mol. The van der Waals surface area contributed by atoms with Crippen LogP contribution in [-0.2, 0) is 0 Å². The van der Waals surface area contributed by atoms with E-state index in [0.29, 0.717) is 5.92 Å². The van der Waals surface area contributed by atoms with Crippen LogP contribution in [0.3, 0.4) is 0 Å². The maximum absolute atomic E-state index is 9.15. The zero-order chi connectivity index (χ0) is 8.97. The van der Waals surface area contributed by atoms with E-state index in [0.717, 1.165) is 0 Å². The third-order valence-corrected chi connectivity index (χ3v) is 2.23. The van der Waals surface area contributed by atoms with Crippen LogP contribution in [0.25, 0.3) is 0 Å². The summed E-state index contributed by atoms with van der Waals surface area (Å²) in [5.74, 6) is 0.781. The molecule has 0 spiro atoms. The van der Waals surface area contributed by atoms with E-state index in [1.165, 1.54) is 5.56 Å². The van der Waals surface area contributed by atoms with E-state index >= 15 is 0 Å². The molecule has 0 aliphatic rings. The van der Waals surface area contributed by atoms with E-state index in [1.807, 2.05) is 18.2 Å². The first-order chi connectivity index (χ1) is 5.75. The van der Waals surface area contributed by atoms with Gasteiger partial charge in [0.25, 0.3) is 0 Å². The van der Waals surface area contributed by atoms with Crippen molar-refractivity contribution >= 4 is 0 Å². The highest BCUT2D eigenvalue weighted by molar-refractivity contribution is 5.19. The maximum atomic E-state index is 9.15. The Morgan fingerprint density at radius 1 is 1.17 bits per heavy atom. The molecule has 0 amide bonds. The van der Waals surface area contributed by atoms with Crippen LogP contribution in [0, 0.1) is 5.92 Å². The molecule has 0 heterocycles. The van der Waals surface area contributed by atoms with Gasteiger partial charge in [-0.05, 0) is 11.5 Å². The maximum Gasteiger partial charge on any atom is 0.0502 e. The first-order valence-corrected chi connectivity index (χ1v) is 4.41. The van der Waals surface area contributed by atoms with Gasteiger partial charge in [-0.25, -0.2) is 0 Å². The van der Waals surface area contributed by atoms with Crippen molar-refractivity contribution in [1.29, 1.82) is 0 Å². The van der Waals surface area contributed by atoms with Crippen LogP contribution in [0.2, 0.25) is 0 Å². The molecule has 1 rings (SSSR count). The van der Waals surface area contributed by atoms with Gasteiger partial charge >= 0.3 is 0 Å². The number of hydrogen-bond acceptors (Lipinski definition) is 1. The molecule has 1 heteroatoms. The van der Waals surface area contributed by atoms with E-state index in [9.17, 15) is 0 Å². The second-order valence-corrected chi connectivity index (χ2v) is 3.44. The van der Waals surface area contributed by atoms with Crippen molar-refractivity contribution in [1.82, 2.24) is 0 Å². The van der Waals surface area contributed by atoms with Crippen LogP contribution in [0.1, 0.15) is 25.3 Å². The van der Waals surface area contributed by atoms with Crippen molar-refractivity contribution in [2.75, 3.05) is 6.61 Å². The second-order valence-electron chi connectivity index (χ2n) is 3.44. The SMILES string of the molecule is CC(C)[C@H](CO)c1ccccc1. The summed E-state index contributed by atoms with van der Waals surface area (Å²) in [6.45, 7) is 4.50. The van der Waals surface area contributed by atoms with Gasteiger partial charge in [-0.15, -0.1) is 0 Å². The lowest BCUT2D eigenvalue weighted by Crippen LogP contribution is -2.10. The van der Waals surface area contributed by atoms with Crippen molar-refractivity contribution in [2.45, 2.75) is 19.8 Å². The molecule has 0 fully saturated rings. The summed E-state index contributed by atoms with van der Waals surface area (Å²) in [4.78, 5) is 0. The van der Waals surface area contributed by atoms with Gasteiger partial charge in [-0.3, -0.25) is 0 Å². The Balaban J connectivity index is 2.80. The van der Waals surface area contributed by atoms with Gasteiger partial charge in [-0.2, -0.15) is 0 Å². The predicted octanol–water partition coefficient (Wildman–Crippen LogP) is 2.42. The monoisotopic (exact) mass is 164 g/mol. The van der Waals surface area contributed by atoms with E-state index in [1.54, 1.807) is 0 Å². The molecule has 0 aliphatic heterocycles. The zero-order valence-corrected chi connectivity index (χ0v) is 7.70. The first kappa shape index (κ1) is 9.27. The minimum Gasteiger partial charge on any atom is -0.396 e. The molecule has 66 valence electrons. The molecule has 0 radical (unpaired) electrons. The molecule has 1 aromatic rings. The summed E-state index contributed by atoms with van der Waals surface area (Å²) in [7, 11) is 0. The lowest BCUT2D eigenvalue weighted by molar-refractivity contribution is 0.237. The molecule has 0 saturated carbocycles. The zero-order valence-electron chi connectivity index (χ0n) is 7.70. The summed E-state index contributed by atoms with van der Waals surface area (Å²) in [6.07, 6.45) is 0. The van der Waals surface area contributed by atoms with Crippen LogP contribution in [-0.4, -0.2) is 11.7 Å². The van der Waals surface area contributed by atoms with E-state index in [2.05, 4.69) is 26.0 Å². The Morgan fingerprint density at radius 2 is 1.75 bits per heavy atom. The summed E-state index contributed by atoms with van der Waals surface area (Å²) >= 11 is 0. The van der Waals surface area contributed by atoms with E-state index in [-0.39, 0.29) is 12.5 Å². The van der Waals surface area contributed by atoms with Gasteiger partial charge in [0.1, 0.15) is 0 Å². The first-order valence-electron chi connectivity index (χ1n) is 4.41. The fourth-order valence-corrected chi connectivity index (χ4v) is 1.40. The summed E-state index contributed by atoms with van der Waals surface area (Å²) in [5.41, 5.74) is 1.23. The van der Waals surface area contributed by atoms with Gasteiger partial charge in [0.15, 0.2) is 0 Å². The van der Waals surface area contributed by atoms with Crippen molar-refractivity contribution in [3.8, 4) is 0 Å². The van der Waals surface area contributed by atoms with E-state index < -0.39 is 0 Å². The minimum atomic E-state index is 0.238. The molecule has 0 saturated heterocycles. The Kier molecular flexibility index (Phi) is 3.30.